The third-order valence-electron chi connectivity index (χ3n) is 6.70. The van der Waals surface area contributed by atoms with Crippen LogP contribution in [0.15, 0.2) is 29.1 Å². The number of fused-ring (bicyclic) bond motifs is 2. The Morgan fingerprint density at radius 1 is 1.00 bits per heavy atom. The van der Waals surface area contributed by atoms with Gasteiger partial charge in [0.05, 0.1) is 22.8 Å². The number of anilines is 1. The Labute approximate surface area is 200 Å². The van der Waals surface area contributed by atoms with Crippen LogP contribution in [-0.4, -0.2) is 30.0 Å². The molecule has 35 heavy (non-hydrogen) atoms. The highest BCUT2D eigenvalue weighted by Crippen LogP contribution is 2.42. The number of nitrogens with zero attached hydrogens (tertiary/aromatic N) is 4. The molecule has 186 valence electrons. The van der Waals surface area contributed by atoms with Crippen molar-refractivity contribution in [3.8, 4) is 0 Å². The Bertz CT molecular complexity index is 1530. The summed E-state index contributed by atoms with van der Waals surface area (Å²) < 4.78 is 47.5. The monoisotopic (exact) mass is 487 g/mol. The molecule has 0 bridgehead atoms. The molecule has 1 atom stereocenters. The largest absolute Gasteiger partial charge is 0.384 e. The van der Waals surface area contributed by atoms with Crippen LogP contribution in [0.5, 0.6) is 0 Å². The lowest BCUT2D eigenvalue weighted by molar-refractivity contribution is -0.169. The molecule has 0 amide bonds. The smallest absolute Gasteiger partial charge is 0.328 e. The van der Waals surface area contributed by atoms with E-state index >= 15 is 0 Å². The SMILES string of the molecule is Cc1c([C@@H](C)Nc2nnc(C)c3cc4c(cc23)n(C)c(=O)n4C)cc(F)cc1C(F)(F)C(C)(C)O. The summed E-state index contributed by atoms with van der Waals surface area (Å²) in [7, 11) is 3.36. The highest BCUT2D eigenvalue weighted by molar-refractivity contribution is 6.01. The first-order valence-electron chi connectivity index (χ1n) is 11.1. The van der Waals surface area contributed by atoms with Crippen molar-refractivity contribution in [2.45, 2.75) is 52.2 Å². The molecule has 2 N–H and O–H groups in total. The number of halogens is 3. The second-order valence-corrected chi connectivity index (χ2v) is 9.59. The molecule has 7 nitrogen and oxygen atoms in total. The van der Waals surface area contributed by atoms with Gasteiger partial charge in [-0.05, 0) is 70.0 Å². The molecular formula is C25H28F3N5O2. The van der Waals surface area contributed by atoms with Crippen LogP contribution in [0.1, 0.15) is 49.2 Å². The molecule has 0 unspecified atom stereocenters. The second-order valence-electron chi connectivity index (χ2n) is 9.59. The van der Waals surface area contributed by atoms with Gasteiger partial charge < -0.3 is 10.4 Å². The third-order valence-corrected chi connectivity index (χ3v) is 6.70. The third kappa shape index (κ3) is 3.85. The van der Waals surface area contributed by atoms with E-state index < -0.39 is 28.9 Å². The van der Waals surface area contributed by atoms with Crippen molar-refractivity contribution in [3.63, 3.8) is 0 Å². The van der Waals surface area contributed by atoms with Gasteiger partial charge in [-0.25, -0.2) is 9.18 Å². The van der Waals surface area contributed by atoms with E-state index in [-0.39, 0.29) is 11.3 Å². The standard InChI is InChI=1S/C25H28F3N5O2/c1-12-16(8-15(26)9-19(12)25(27,28)24(4,5)35)13(2)29-22-18-11-21-20(32(6)23(34)33(21)7)10-17(18)14(3)30-31-22/h8-11,13,35H,1-7H3,(H,29,31)/t13-/m1/s1. The number of aromatic nitrogens is 4. The summed E-state index contributed by atoms with van der Waals surface area (Å²) in [6.07, 6.45) is 0. The number of hydrogen-bond acceptors (Lipinski definition) is 5. The van der Waals surface area contributed by atoms with Crippen molar-refractivity contribution in [3.05, 3.63) is 63.0 Å². The van der Waals surface area contributed by atoms with E-state index in [0.717, 1.165) is 30.8 Å². The zero-order valence-electron chi connectivity index (χ0n) is 20.7. The summed E-state index contributed by atoms with van der Waals surface area (Å²) in [5.41, 5.74) is -0.577. The summed E-state index contributed by atoms with van der Waals surface area (Å²) in [6, 6.07) is 5.02. The molecule has 4 rings (SSSR count). The van der Waals surface area contributed by atoms with Crippen LogP contribution < -0.4 is 11.0 Å². The molecular weight excluding hydrogens is 459 g/mol. The average molecular weight is 488 g/mol. The second kappa shape index (κ2) is 8.08. The molecule has 0 fully saturated rings. The number of benzene rings is 2. The van der Waals surface area contributed by atoms with Gasteiger partial charge >= 0.3 is 11.6 Å². The first-order chi connectivity index (χ1) is 16.1. The van der Waals surface area contributed by atoms with Crippen LogP contribution in [0.2, 0.25) is 0 Å². The fourth-order valence-electron chi connectivity index (χ4n) is 4.47. The molecule has 0 radical (unpaired) electrons. The quantitative estimate of drug-likeness (QED) is 0.429. The van der Waals surface area contributed by atoms with Crippen molar-refractivity contribution in [2.24, 2.45) is 14.1 Å². The molecule has 0 aliphatic carbocycles. The highest BCUT2D eigenvalue weighted by Gasteiger charge is 2.48. The molecule has 2 aromatic heterocycles. The van der Waals surface area contributed by atoms with Gasteiger partial charge in [0.2, 0.25) is 0 Å². The molecule has 4 aromatic rings. The zero-order chi connectivity index (χ0) is 26.0. The van der Waals surface area contributed by atoms with Crippen LogP contribution in [0.4, 0.5) is 19.0 Å². The molecule has 0 saturated heterocycles. The highest BCUT2D eigenvalue weighted by atomic mass is 19.3. The van der Waals surface area contributed by atoms with Gasteiger partial charge in [-0.2, -0.15) is 13.9 Å². The number of alkyl halides is 2. The summed E-state index contributed by atoms with van der Waals surface area (Å²) >= 11 is 0. The van der Waals surface area contributed by atoms with E-state index in [1.807, 2.05) is 12.1 Å². The minimum absolute atomic E-state index is 0.163. The van der Waals surface area contributed by atoms with E-state index in [4.69, 9.17) is 0 Å². The Morgan fingerprint density at radius 2 is 1.57 bits per heavy atom. The van der Waals surface area contributed by atoms with E-state index in [1.54, 1.807) is 32.5 Å². The van der Waals surface area contributed by atoms with Gasteiger partial charge in [0, 0.05) is 30.4 Å². The average Bonchev–Trinajstić information content (AvgIpc) is 2.98. The maximum Gasteiger partial charge on any atom is 0.328 e. The lowest BCUT2D eigenvalue weighted by Gasteiger charge is -2.31. The number of nitrogens with one attached hydrogen (secondary N) is 1. The first-order valence-corrected chi connectivity index (χ1v) is 11.1. The Hall–Kier alpha value is -3.40. The number of imidazole rings is 1. The molecule has 0 spiro atoms. The van der Waals surface area contributed by atoms with Gasteiger partial charge in [0.25, 0.3) is 0 Å². The topological polar surface area (TPSA) is 85.0 Å². The number of aryl methyl sites for hydroxylation is 3. The summed E-state index contributed by atoms with van der Waals surface area (Å²) in [5, 5.41) is 23.1. The van der Waals surface area contributed by atoms with E-state index in [0.29, 0.717) is 28.0 Å². The maximum absolute atomic E-state index is 15.0. The van der Waals surface area contributed by atoms with Crippen LogP contribution in [0, 0.1) is 19.7 Å². The van der Waals surface area contributed by atoms with E-state index in [2.05, 4.69) is 15.5 Å². The zero-order valence-corrected chi connectivity index (χ0v) is 20.7. The molecule has 0 aliphatic rings. The van der Waals surface area contributed by atoms with Gasteiger partial charge in [0.15, 0.2) is 5.82 Å². The Morgan fingerprint density at radius 3 is 2.14 bits per heavy atom. The molecule has 2 heterocycles. The number of aliphatic hydroxyl groups is 1. The molecule has 0 aliphatic heterocycles. The normalized spacial score (nSPS) is 13.6. The van der Waals surface area contributed by atoms with E-state index in [1.165, 1.54) is 17.6 Å². The number of hydrogen-bond donors (Lipinski definition) is 2. The Kier molecular flexibility index (Phi) is 5.71. The van der Waals surface area contributed by atoms with Crippen LogP contribution in [-0.2, 0) is 20.0 Å². The van der Waals surface area contributed by atoms with Crippen molar-refractivity contribution in [1.29, 1.82) is 0 Å². The predicted octanol–water partition coefficient (Wildman–Crippen LogP) is 4.61. The summed E-state index contributed by atoms with van der Waals surface area (Å²) in [4.78, 5) is 12.4. The summed E-state index contributed by atoms with van der Waals surface area (Å²) in [6.45, 7) is 6.97. The fraction of sp³-hybridized carbons (Fsp3) is 0.400. The lowest BCUT2D eigenvalue weighted by atomic mass is 9.87. The van der Waals surface area contributed by atoms with Gasteiger partial charge in [-0.1, -0.05) is 0 Å². The molecule has 2 aromatic carbocycles. The van der Waals surface area contributed by atoms with Gasteiger partial charge in [-0.15, -0.1) is 5.10 Å². The van der Waals surface area contributed by atoms with Crippen molar-refractivity contribution in [1.82, 2.24) is 19.3 Å². The van der Waals surface area contributed by atoms with Crippen molar-refractivity contribution < 1.29 is 18.3 Å². The summed E-state index contributed by atoms with van der Waals surface area (Å²) in [5.74, 6) is -4.14. The fourth-order valence-corrected chi connectivity index (χ4v) is 4.47. The number of rotatable bonds is 5. The predicted molar refractivity (Wildman–Crippen MR) is 129 cm³/mol. The first kappa shape index (κ1) is 24.7. The Balaban J connectivity index is 1.85. The lowest BCUT2D eigenvalue weighted by Crippen LogP contribution is -2.41. The minimum Gasteiger partial charge on any atom is -0.384 e. The van der Waals surface area contributed by atoms with Gasteiger partial charge in [0.1, 0.15) is 11.4 Å². The van der Waals surface area contributed by atoms with Crippen LogP contribution in [0.3, 0.4) is 0 Å². The van der Waals surface area contributed by atoms with Crippen molar-refractivity contribution in [2.75, 3.05) is 5.32 Å². The van der Waals surface area contributed by atoms with E-state index in [9.17, 15) is 23.1 Å². The molecule has 10 heteroatoms. The van der Waals surface area contributed by atoms with Crippen LogP contribution >= 0.6 is 0 Å². The minimum atomic E-state index is -3.67. The van der Waals surface area contributed by atoms with Gasteiger partial charge in [-0.3, -0.25) is 9.13 Å². The maximum atomic E-state index is 15.0. The molecule has 0 saturated carbocycles. The van der Waals surface area contributed by atoms with Crippen LogP contribution in [0.25, 0.3) is 21.8 Å². The van der Waals surface area contributed by atoms with Crippen molar-refractivity contribution >= 4 is 27.6 Å².